The number of anilines is 1. The van der Waals surface area contributed by atoms with E-state index in [4.69, 9.17) is 0 Å². The predicted molar refractivity (Wildman–Crippen MR) is 63.4 cm³/mol. The van der Waals surface area contributed by atoms with E-state index in [0.29, 0.717) is 20.8 Å². The summed E-state index contributed by atoms with van der Waals surface area (Å²) < 4.78 is 0.632. The highest BCUT2D eigenvalue weighted by atomic mass is 127. The molecular weight excluding hydrogens is 293 g/mol. The highest BCUT2D eigenvalue weighted by molar-refractivity contribution is 14.1. The minimum absolute atomic E-state index is 0.0819. The van der Waals surface area contributed by atoms with Crippen molar-refractivity contribution >= 4 is 28.4 Å². The summed E-state index contributed by atoms with van der Waals surface area (Å²) in [5, 5.41) is 3.28. The van der Waals surface area contributed by atoms with Crippen molar-refractivity contribution < 1.29 is 0 Å². The van der Waals surface area contributed by atoms with E-state index in [1.165, 1.54) is 6.33 Å². The molecule has 1 atom stereocenters. The number of halogens is 1. The summed E-state index contributed by atoms with van der Waals surface area (Å²) in [6.45, 7) is 4.40. The zero-order chi connectivity index (χ0) is 10.3. The maximum atomic E-state index is 11.3. The van der Waals surface area contributed by atoms with Crippen LogP contribution in [0.25, 0.3) is 0 Å². The fraction of sp³-hybridized carbons (Fsp3) is 0.556. The van der Waals surface area contributed by atoms with Crippen molar-refractivity contribution in [1.29, 1.82) is 0 Å². The summed E-state index contributed by atoms with van der Waals surface area (Å²) in [4.78, 5) is 17.9. The van der Waals surface area contributed by atoms with Gasteiger partial charge in [0.15, 0.2) is 0 Å². The fourth-order valence-electron chi connectivity index (χ4n) is 1.36. The molecule has 0 saturated heterocycles. The Morgan fingerprint density at radius 1 is 1.71 bits per heavy atom. The number of aromatic amines is 1. The van der Waals surface area contributed by atoms with Crippen LogP contribution in [-0.4, -0.2) is 16.0 Å². The summed E-state index contributed by atoms with van der Waals surface area (Å²) in [5.74, 6) is 0.699. The van der Waals surface area contributed by atoms with Gasteiger partial charge in [0.05, 0.1) is 6.33 Å². The molecule has 1 aliphatic carbocycles. The zero-order valence-corrected chi connectivity index (χ0v) is 10.3. The Bertz CT molecular complexity index is 413. The van der Waals surface area contributed by atoms with Gasteiger partial charge in [0.1, 0.15) is 9.39 Å². The third kappa shape index (κ3) is 1.77. The lowest BCUT2D eigenvalue weighted by Crippen LogP contribution is -2.17. The average Bonchev–Trinajstić information content (AvgIpc) is 2.68. The van der Waals surface area contributed by atoms with Crippen LogP contribution < -0.4 is 10.9 Å². The Hall–Kier alpha value is -0.590. The number of nitrogens with one attached hydrogen (secondary N) is 2. The molecule has 0 amide bonds. The number of hydrogen-bond acceptors (Lipinski definition) is 3. The van der Waals surface area contributed by atoms with E-state index in [1.54, 1.807) is 0 Å². The van der Waals surface area contributed by atoms with Gasteiger partial charge in [-0.05, 0) is 34.4 Å². The van der Waals surface area contributed by atoms with Gasteiger partial charge in [0, 0.05) is 6.04 Å². The smallest absolute Gasteiger partial charge is 0.266 e. The molecular formula is C9H12IN3O. The van der Waals surface area contributed by atoms with Crippen LogP contribution in [0.1, 0.15) is 20.3 Å². The number of H-pyrrole nitrogens is 1. The number of aromatic nitrogens is 2. The standard InChI is InChI=1S/C9H12IN3O/c1-9(2)3-5(9)13-7-6(10)8(14)12-4-11-7/h4-5H,3H2,1-2H3,(H2,11,12,13,14). The van der Waals surface area contributed by atoms with Crippen LogP contribution >= 0.6 is 22.6 Å². The molecule has 1 aliphatic rings. The van der Waals surface area contributed by atoms with Gasteiger partial charge in [-0.3, -0.25) is 4.79 Å². The van der Waals surface area contributed by atoms with Gasteiger partial charge in [-0.15, -0.1) is 0 Å². The molecule has 1 unspecified atom stereocenters. The van der Waals surface area contributed by atoms with E-state index in [2.05, 4.69) is 29.1 Å². The van der Waals surface area contributed by atoms with Crippen LogP contribution in [0.5, 0.6) is 0 Å². The molecule has 14 heavy (non-hydrogen) atoms. The van der Waals surface area contributed by atoms with Crippen molar-refractivity contribution in [3.05, 3.63) is 20.3 Å². The lowest BCUT2D eigenvalue weighted by molar-refractivity contribution is 0.629. The van der Waals surface area contributed by atoms with Gasteiger partial charge in [0.2, 0.25) is 0 Å². The molecule has 0 aromatic carbocycles. The van der Waals surface area contributed by atoms with Crippen LogP contribution in [0.2, 0.25) is 0 Å². The Morgan fingerprint density at radius 2 is 2.36 bits per heavy atom. The molecule has 0 radical (unpaired) electrons. The van der Waals surface area contributed by atoms with Crippen LogP contribution in [0.3, 0.4) is 0 Å². The molecule has 1 aromatic rings. The second-order valence-electron chi connectivity index (χ2n) is 4.28. The van der Waals surface area contributed by atoms with Crippen molar-refractivity contribution in [3.63, 3.8) is 0 Å². The first-order valence-electron chi connectivity index (χ1n) is 4.50. The molecule has 76 valence electrons. The quantitative estimate of drug-likeness (QED) is 0.816. The summed E-state index contributed by atoms with van der Waals surface area (Å²) >= 11 is 2.01. The SMILES string of the molecule is CC1(C)CC1Nc1nc[nH]c(=O)c1I. The van der Waals surface area contributed by atoms with Gasteiger partial charge >= 0.3 is 0 Å². The predicted octanol–water partition coefficient (Wildman–Crippen LogP) is 1.58. The van der Waals surface area contributed by atoms with Gasteiger partial charge in [0.25, 0.3) is 5.56 Å². The first-order valence-corrected chi connectivity index (χ1v) is 5.58. The summed E-state index contributed by atoms with van der Waals surface area (Å²) in [5.41, 5.74) is 0.259. The molecule has 2 rings (SSSR count). The van der Waals surface area contributed by atoms with Crippen molar-refractivity contribution in [2.45, 2.75) is 26.3 Å². The number of rotatable bonds is 2. The molecule has 0 spiro atoms. The molecule has 1 saturated carbocycles. The van der Waals surface area contributed by atoms with E-state index >= 15 is 0 Å². The van der Waals surface area contributed by atoms with Gasteiger partial charge in [-0.25, -0.2) is 4.98 Å². The molecule has 1 aromatic heterocycles. The van der Waals surface area contributed by atoms with Crippen molar-refractivity contribution in [2.24, 2.45) is 5.41 Å². The molecule has 5 heteroatoms. The molecule has 1 heterocycles. The second kappa shape index (κ2) is 3.22. The van der Waals surface area contributed by atoms with E-state index in [1.807, 2.05) is 22.6 Å². The Labute approximate surface area is 95.7 Å². The maximum Gasteiger partial charge on any atom is 0.266 e. The van der Waals surface area contributed by atoms with E-state index < -0.39 is 0 Å². The first kappa shape index (κ1) is 9.95. The van der Waals surface area contributed by atoms with Gasteiger partial charge < -0.3 is 10.3 Å². The normalized spacial score (nSPS) is 23.2. The van der Waals surface area contributed by atoms with Crippen LogP contribution in [0.4, 0.5) is 5.82 Å². The average molecular weight is 305 g/mol. The molecule has 0 aliphatic heterocycles. The van der Waals surface area contributed by atoms with Gasteiger partial charge in [-0.1, -0.05) is 13.8 Å². The summed E-state index contributed by atoms with van der Waals surface area (Å²) in [7, 11) is 0. The fourth-order valence-corrected chi connectivity index (χ4v) is 1.81. The monoisotopic (exact) mass is 305 g/mol. The van der Waals surface area contributed by atoms with Crippen molar-refractivity contribution in [2.75, 3.05) is 5.32 Å². The van der Waals surface area contributed by atoms with Crippen molar-refractivity contribution in [1.82, 2.24) is 9.97 Å². The van der Waals surface area contributed by atoms with Gasteiger partial charge in [-0.2, -0.15) is 0 Å². The van der Waals surface area contributed by atoms with E-state index in [-0.39, 0.29) is 5.56 Å². The minimum Gasteiger partial charge on any atom is -0.366 e. The highest BCUT2D eigenvalue weighted by Gasteiger charge is 2.46. The van der Waals surface area contributed by atoms with E-state index in [0.717, 1.165) is 6.42 Å². The first-order chi connectivity index (χ1) is 6.50. The third-order valence-corrected chi connectivity index (χ3v) is 3.62. The topological polar surface area (TPSA) is 57.8 Å². The third-order valence-electron chi connectivity index (χ3n) is 2.62. The van der Waals surface area contributed by atoms with Crippen LogP contribution in [0.15, 0.2) is 11.1 Å². The summed E-state index contributed by atoms with van der Waals surface area (Å²) in [6, 6.07) is 0.449. The molecule has 1 fully saturated rings. The lowest BCUT2D eigenvalue weighted by Gasteiger charge is -2.07. The largest absolute Gasteiger partial charge is 0.366 e. The number of nitrogens with zero attached hydrogens (tertiary/aromatic N) is 1. The molecule has 4 nitrogen and oxygen atoms in total. The minimum atomic E-state index is -0.0819. The van der Waals surface area contributed by atoms with Crippen LogP contribution in [0, 0.1) is 8.99 Å². The lowest BCUT2D eigenvalue weighted by atomic mass is 10.2. The summed E-state index contributed by atoms with van der Waals surface area (Å²) in [6.07, 6.45) is 2.57. The Morgan fingerprint density at radius 3 is 2.93 bits per heavy atom. The Kier molecular flexibility index (Phi) is 2.29. The molecule has 2 N–H and O–H groups in total. The zero-order valence-electron chi connectivity index (χ0n) is 8.10. The van der Waals surface area contributed by atoms with Crippen LogP contribution in [-0.2, 0) is 0 Å². The molecule has 0 bridgehead atoms. The van der Waals surface area contributed by atoms with E-state index in [9.17, 15) is 4.79 Å². The Balaban J connectivity index is 2.19. The maximum absolute atomic E-state index is 11.3. The highest BCUT2D eigenvalue weighted by Crippen LogP contribution is 2.46. The number of hydrogen-bond donors (Lipinski definition) is 2. The van der Waals surface area contributed by atoms with Crippen molar-refractivity contribution in [3.8, 4) is 0 Å². The second-order valence-corrected chi connectivity index (χ2v) is 5.36.